The molecular formula is C13H20FNO. The van der Waals surface area contributed by atoms with E-state index in [0.29, 0.717) is 11.6 Å². The van der Waals surface area contributed by atoms with Crippen LogP contribution in [0.4, 0.5) is 10.1 Å². The molecule has 0 aliphatic rings. The molecule has 1 N–H and O–H groups in total. The maximum absolute atomic E-state index is 13.6. The molecule has 2 nitrogen and oxygen atoms in total. The van der Waals surface area contributed by atoms with Crippen molar-refractivity contribution in [3.63, 3.8) is 0 Å². The zero-order chi connectivity index (χ0) is 12.3. The third-order valence-electron chi connectivity index (χ3n) is 3.08. The summed E-state index contributed by atoms with van der Waals surface area (Å²) in [4.78, 5) is 2.01. The van der Waals surface area contributed by atoms with Crippen LogP contribution < -0.4 is 4.90 Å². The smallest absolute Gasteiger partial charge is 0.131 e. The fourth-order valence-electron chi connectivity index (χ4n) is 1.76. The number of benzene rings is 1. The van der Waals surface area contributed by atoms with Gasteiger partial charge in [-0.15, -0.1) is 0 Å². The van der Waals surface area contributed by atoms with E-state index in [4.69, 9.17) is 0 Å². The number of nitrogens with zero attached hydrogens (tertiary/aromatic N) is 1. The van der Waals surface area contributed by atoms with Crippen LogP contribution >= 0.6 is 0 Å². The number of anilines is 1. The van der Waals surface area contributed by atoms with Crippen molar-refractivity contribution in [3.8, 4) is 0 Å². The van der Waals surface area contributed by atoms with Gasteiger partial charge >= 0.3 is 0 Å². The van der Waals surface area contributed by atoms with E-state index in [2.05, 4.69) is 13.8 Å². The van der Waals surface area contributed by atoms with Crippen molar-refractivity contribution >= 4 is 5.69 Å². The Balaban J connectivity index is 3.17. The minimum absolute atomic E-state index is 0.319. The van der Waals surface area contributed by atoms with Crippen molar-refractivity contribution in [3.05, 3.63) is 29.6 Å². The van der Waals surface area contributed by atoms with Crippen LogP contribution in [0.25, 0.3) is 0 Å². The van der Waals surface area contributed by atoms with Crippen LogP contribution in [0, 0.1) is 5.82 Å². The first-order valence-corrected chi connectivity index (χ1v) is 5.68. The summed E-state index contributed by atoms with van der Waals surface area (Å²) < 4.78 is 13.6. The molecule has 0 saturated heterocycles. The molecule has 1 unspecified atom stereocenters. The average molecular weight is 225 g/mol. The van der Waals surface area contributed by atoms with Gasteiger partial charge in [0.1, 0.15) is 5.82 Å². The zero-order valence-corrected chi connectivity index (χ0v) is 10.4. The summed E-state index contributed by atoms with van der Waals surface area (Å²) in [6, 6.07) is 5.22. The Morgan fingerprint density at radius 2 is 2.00 bits per heavy atom. The quantitative estimate of drug-likeness (QED) is 0.851. The molecule has 90 valence electrons. The van der Waals surface area contributed by atoms with E-state index >= 15 is 0 Å². The van der Waals surface area contributed by atoms with Crippen LogP contribution in [0.15, 0.2) is 18.2 Å². The summed E-state index contributed by atoms with van der Waals surface area (Å²) in [5, 5.41) is 9.62. The first-order chi connectivity index (χ1) is 7.49. The van der Waals surface area contributed by atoms with E-state index in [0.717, 1.165) is 12.1 Å². The summed E-state index contributed by atoms with van der Waals surface area (Å²) in [5.41, 5.74) is 1.15. The largest absolute Gasteiger partial charge is 0.389 e. The normalized spacial score (nSPS) is 14.6. The lowest BCUT2D eigenvalue weighted by Crippen LogP contribution is -2.29. The molecule has 0 fully saturated rings. The summed E-state index contributed by atoms with van der Waals surface area (Å²) in [5.74, 6) is -0.345. The second-order valence-electron chi connectivity index (χ2n) is 4.22. The van der Waals surface area contributed by atoms with Gasteiger partial charge in [-0.3, -0.25) is 0 Å². The first kappa shape index (κ1) is 13.0. The maximum Gasteiger partial charge on any atom is 0.131 e. The number of aliphatic hydroxyl groups excluding tert-OH is 1. The third kappa shape index (κ3) is 2.53. The number of aliphatic hydroxyl groups is 1. The summed E-state index contributed by atoms with van der Waals surface area (Å²) in [7, 11) is 1.93. The van der Waals surface area contributed by atoms with E-state index in [1.54, 1.807) is 13.0 Å². The zero-order valence-electron chi connectivity index (χ0n) is 10.4. The molecule has 0 saturated carbocycles. The van der Waals surface area contributed by atoms with Crippen molar-refractivity contribution < 1.29 is 9.50 Å². The van der Waals surface area contributed by atoms with E-state index in [9.17, 15) is 9.50 Å². The van der Waals surface area contributed by atoms with Crippen molar-refractivity contribution in [2.75, 3.05) is 11.9 Å². The molecule has 2 atom stereocenters. The molecule has 0 aliphatic heterocycles. The molecule has 3 heteroatoms. The molecule has 0 spiro atoms. The summed E-state index contributed by atoms with van der Waals surface area (Å²) >= 11 is 0. The van der Waals surface area contributed by atoms with Gasteiger partial charge in [0.05, 0.1) is 6.10 Å². The highest BCUT2D eigenvalue weighted by molar-refractivity contribution is 5.55. The van der Waals surface area contributed by atoms with Gasteiger partial charge in [-0.05, 0) is 32.4 Å². The Morgan fingerprint density at radius 1 is 1.38 bits per heavy atom. The van der Waals surface area contributed by atoms with Gasteiger partial charge in [0.15, 0.2) is 0 Å². The van der Waals surface area contributed by atoms with Gasteiger partial charge in [-0.1, -0.05) is 13.0 Å². The van der Waals surface area contributed by atoms with Crippen molar-refractivity contribution in [2.45, 2.75) is 39.3 Å². The maximum atomic E-state index is 13.6. The lowest BCUT2D eigenvalue weighted by Gasteiger charge is -2.29. The molecular weight excluding hydrogens is 205 g/mol. The van der Waals surface area contributed by atoms with Gasteiger partial charge in [-0.25, -0.2) is 4.39 Å². The second-order valence-corrected chi connectivity index (χ2v) is 4.22. The molecule has 1 rings (SSSR count). The number of rotatable bonds is 4. The topological polar surface area (TPSA) is 23.5 Å². The van der Waals surface area contributed by atoms with Gasteiger partial charge < -0.3 is 10.0 Å². The Kier molecular flexibility index (Phi) is 4.30. The van der Waals surface area contributed by atoms with E-state index < -0.39 is 6.10 Å². The van der Waals surface area contributed by atoms with E-state index in [1.165, 1.54) is 6.07 Å². The number of hydrogen-bond acceptors (Lipinski definition) is 2. The highest BCUT2D eigenvalue weighted by Gasteiger charge is 2.18. The summed E-state index contributed by atoms with van der Waals surface area (Å²) in [6.45, 7) is 5.76. The van der Waals surface area contributed by atoms with Crippen molar-refractivity contribution in [1.29, 1.82) is 0 Å². The van der Waals surface area contributed by atoms with Crippen molar-refractivity contribution in [2.24, 2.45) is 0 Å². The van der Waals surface area contributed by atoms with Crippen molar-refractivity contribution in [1.82, 2.24) is 0 Å². The highest BCUT2D eigenvalue weighted by atomic mass is 19.1. The molecule has 1 aromatic carbocycles. The van der Waals surface area contributed by atoms with Crippen LogP contribution in [-0.2, 0) is 0 Å². The minimum Gasteiger partial charge on any atom is -0.389 e. The van der Waals surface area contributed by atoms with Crippen LogP contribution in [0.2, 0.25) is 0 Å². The standard InChI is InChI=1S/C13H20FNO/c1-5-9(2)15(4)12-8-6-7-11(14)13(12)10(3)16/h6-10,16H,5H2,1-4H3/t9?,10-/m0/s1. The van der Waals surface area contributed by atoms with Gasteiger partial charge in [0, 0.05) is 24.3 Å². The predicted octanol–water partition coefficient (Wildman–Crippen LogP) is 3.11. The fourth-order valence-corrected chi connectivity index (χ4v) is 1.76. The van der Waals surface area contributed by atoms with Gasteiger partial charge in [0.2, 0.25) is 0 Å². The predicted molar refractivity (Wildman–Crippen MR) is 65.2 cm³/mol. The Hall–Kier alpha value is -1.09. The molecule has 0 bridgehead atoms. The van der Waals surface area contributed by atoms with E-state index in [-0.39, 0.29) is 5.82 Å². The van der Waals surface area contributed by atoms with Gasteiger partial charge in [-0.2, -0.15) is 0 Å². The average Bonchev–Trinajstić information content (AvgIpc) is 2.26. The molecule has 0 radical (unpaired) electrons. The molecule has 0 aromatic heterocycles. The molecule has 0 aliphatic carbocycles. The lowest BCUT2D eigenvalue weighted by molar-refractivity contribution is 0.194. The second kappa shape index (κ2) is 5.30. The Bertz CT molecular complexity index is 352. The fraction of sp³-hybridized carbons (Fsp3) is 0.538. The van der Waals surface area contributed by atoms with Gasteiger partial charge in [0.25, 0.3) is 0 Å². The highest BCUT2D eigenvalue weighted by Crippen LogP contribution is 2.29. The molecule has 16 heavy (non-hydrogen) atoms. The number of halogens is 1. The Morgan fingerprint density at radius 3 is 2.50 bits per heavy atom. The van der Waals surface area contributed by atoms with E-state index in [1.807, 2.05) is 18.0 Å². The first-order valence-electron chi connectivity index (χ1n) is 5.68. The van der Waals surface area contributed by atoms with Crippen LogP contribution in [0.3, 0.4) is 0 Å². The number of hydrogen-bond donors (Lipinski definition) is 1. The third-order valence-corrected chi connectivity index (χ3v) is 3.08. The monoisotopic (exact) mass is 225 g/mol. The Labute approximate surface area is 96.7 Å². The van der Waals surface area contributed by atoms with Crippen LogP contribution in [0.5, 0.6) is 0 Å². The van der Waals surface area contributed by atoms with Crippen LogP contribution in [0.1, 0.15) is 38.9 Å². The SMILES string of the molecule is CCC(C)N(C)c1cccc(F)c1[C@H](C)O. The van der Waals surface area contributed by atoms with Crippen LogP contribution in [-0.4, -0.2) is 18.2 Å². The molecule has 0 amide bonds. The molecule has 0 heterocycles. The summed E-state index contributed by atoms with van der Waals surface area (Å²) in [6.07, 6.45) is 0.189. The molecule has 1 aromatic rings. The lowest BCUT2D eigenvalue weighted by atomic mass is 10.1. The minimum atomic E-state index is -0.789.